The van der Waals surface area contributed by atoms with Gasteiger partial charge in [0.05, 0.1) is 0 Å². The van der Waals surface area contributed by atoms with Gasteiger partial charge >= 0.3 is 6.08 Å². The van der Waals surface area contributed by atoms with Crippen molar-refractivity contribution in [2.45, 2.75) is 38.9 Å². The predicted molar refractivity (Wildman–Crippen MR) is 91.4 cm³/mol. The van der Waals surface area contributed by atoms with Crippen molar-refractivity contribution in [2.75, 3.05) is 0 Å². The maximum Gasteiger partial charge on any atom is 0.311 e. The Morgan fingerprint density at radius 3 is 2.05 bits per heavy atom. The molecular formula is C18H22F2OSi. The lowest BCUT2D eigenvalue weighted by molar-refractivity contribution is 0.379. The molecule has 2 aromatic carbocycles. The van der Waals surface area contributed by atoms with Crippen LogP contribution in [0.25, 0.3) is 16.5 Å². The minimum absolute atomic E-state index is 0.233. The van der Waals surface area contributed by atoms with Crippen molar-refractivity contribution in [1.29, 1.82) is 0 Å². The van der Waals surface area contributed by atoms with Gasteiger partial charge in [0, 0.05) is 5.56 Å². The Hall–Kier alpha value is -1.68. The highest BCUT2D eigenvalue weighted by molar-refractivity contribution is 6.74. The number of benzene rings is 2. The summed E-state index contributed by atoms with van der Waals surface area (Å²) in [6, 6.07) is 15.6. The van der Waals surface area contributed by atoms with Gasteiger partial charge in [0.1, 0.15) is 0 Å². The molecule has 0 aliphatic carbocycles. The van der Waals surface area contributed by atoms with Crippen LogP contribution in [0.4, 0.5) is 8.78 Å². The summed E-state index contributed by atoms with van der Waals surface area (Å²) in [5, 5.41) is 1.98. The van der Waals surface area contributed by atoms with Crippen LogP contribution in [-0.4, -0.2) is 8.32 Å². The van der Waals surface area contributed by atoms with E-state index in [0.29, 0.717) is 5.56 Å². The van der Waals surface area contributed by atoms with Crippen molar-refractivity contribution in [2.24, 2.45) is 0 Å². The lowest BCUT2D eigenvalue weighted by atomic mass is 10.1. The van der Waals surface area contributed by atoms with E-state index >= 15 is 0 Å². The number of fused-ring (bicyclic) bond motifs is 1. The molecule has 0 aromatic heterocycles. The normalized spacial score (nSPS) is 11.5. The fourth-order valence-corrected chi connectivity index (χ4v) is 5.28. The summed E-state index contributed by atoms with van der Waals surface area (Å²) in [4.78, 5) is 0. The van der Waals surface area contributed by atoms with Crippen LogP contribution in [0, 0.1) is 0 Å². The number of hydrogen-bond donors (Lipinski definition) is 0. The number of hydrogen-bond acceptors (Lipinski definition) is 1. The molecule has 118 valence electrons. The second-order valence-electron chi connectivity index (χ2n) is 5.50. The van der Waals surface area contributed by atoms with E-state index in [0.717, 1.165) is 28.9 Å². The monoisotopic (exact) mass is 320 g/mol. The van der Waals surface area contributed by atoms with Gasteiger partial charge in [-0.2, -0.15) is 8.78 Å². The molecule has 4 heteroatoms. The Bertz CT molecular complexity index is 665. The van der Waals surface area contributed by atoms with Crippen LogP contribution in [0.2, 0.25) is 18.1 Å². The second-order valence-corrected chi connectivity index (χ2v) is 10.2. The van der Waals surface area contributed by atoms with E-state index in [2.05, 4.69) is 0 Å². The molecule has 0 atom stereocenters. The highest BCUT2D eigenvalue weighted by atomic mass is 28.4. The summed E-state index contributed by atoms with van der Waals surface area (Å²) >= 11 is 0. The molecule has 0 aliphatic rings. The molecule has 0 aliphatic heterocycles. The standard InChI is InChI=1S/C18H22F2OSi/c1-4-22(5-2,6-3)21-17(18(19)20)16-12-11-14-9-7-8-10-15(14)13-16/h7-13H,4-6H2,1-3H3. The van der Waals surface area contributed by atoms with E-state index in [9.17, 15) is 8.78 Å². The van der Waals surface area contributed by atoms with Crippen LogP contribution in [0.15, 0.2) is 48.5 Å². The smallest absolute Gasteiger partial charge is 0.311 e. The fraction of sp³-hybridized carbons (Fsp3) is 0.333. The van der Waals surface area contributed by atoms with Gasteiger partial charge in [0.25, 0.3) is 8.32 Å². The van der Waals surface area contributed by atoms with Crippen molar-refractivity contribution in [3.05, 3.63) is 54.1 Å². The topological polar surface area (TPSA) is 9.23 Å². The van der Waals surface area contributed by atoms with Crippen LogP contribution in [0.5, 0.6) is 0 Å². The molecule has 0 N–H and O–H groups in total. The summed E-state index contributed by atoms with van der Waals surface area (Å²) in [5.74, 6) is -0.233. The molecule has 2 aromatic rings. The van der Waals surface area contributed by atoms with Gasteiger partial charge in [0.15, 0.2) is 5.76 Å². The zero-order valence-electron chi connectivity index (χ0n) is 13.3. The predicted octanol–water partition coefficient (Wildman–Crippen LogP) is 6.43. The molecular weight excluding hydrogens is 298 g/mol. The molecule has 1 nitrogen and oxygen atoms in total. The second kappa shape index (κ2) is 7.05. The molecule has 0 saturated carbocycles. The van der Waals surface area contributed by atoms with E-state index in [4.69, 9.17) is 4.43 Å². The Balaban J connectivity index is 2.45. The van der Waals surface area contributed by atoms with Gasteiger partial charge in [-0.3, -0.25) is 0 Å². The highest BCUT2D eigenvalue weighted by Gasteiger charge is 2.33. The first-order valence-electron chi connectivity index (χ1n) is 7.78. The molecule has 0 amide bonds. The van der Waals surface area contributed by atoms with Crippen LogP contribution < -0.4 is 0 Å². The number of halogens is 2. The zero-order chi connectivity index (χ0) is 16.2. The van der Waals surface area contributed by atoms with Crippen molar-refractivity contribution in [3.63, 3.8) is 0 Å². The largest absolute Gasteiger partial charge is 0.540 e. The molecule has 0 radical (unpaired) electrons. The van der Waals surface area contributed by atoms with Crippen molar-refractivity contribution < 1.29 is 13.2 Å². The summed E-state index contributed by atoms with van der Waals surface area (Å²) in [5.41, 5.74) is 0.464. The van der Waals surface area contributed by atoms with Gasteiger partial charge in [-0.25, -0.2) is 0 Å². The molecule has 0 fully saturated rings. The van der Waals surface area contributed by atoms with Gasteiger partial charge < -0.3 is 4.43 Å². The van der Waals surface area contributed by atoms with Gasteiger partial charge in [0.2, 0.25) is 0 Å². The molecule has 0 unspecified atom stereocenters. The van der Waals surface area contributed by atoms with E-state index in [1.807, 2.05) is 51.1 Å². The molecule has 0 heterocycles. The van der Waals surface area contributed by atoms with Crippen LogP contribution in [-0.2, 0) is 4.43 Å². The molecule has 0 spiro atoms. The van der Waals surface area contributed by atoms with Crippen molar-refractivity contribution in [1.82, 2.24) is 0 Å². The van der Waals surface area contributed by atoms with Crippen LogP contribution >= 0.6 is 0 Å². The van der Waals surface area contributed by atoms with Crippen LogP contribution in [0.1, 0.15) is 26.3 Å². The van der Waals surface area contributed by atoms with Gasteiger partial charge in [-0.1, -0.05) is 57.2 Å². The minimum atomic E-state index is -2.13. The zero-order valence-corrected chi connectivity index (χ0v) is 14.3. The van der Waals surface area contributed by atoms with Gasteiger partial charge in [-0.15, -0.1) is 0 Å². The first-order valence-corrected chi connectivity index (χ1v) is 10.3. The Kier molecular flexibility index (Phi) is 5.35. The fourth-order valence-electron chi connectivity index (χ4n) is 2.72. The first-order chi connectivity index (χ1) is 10.5. The third kappa shape index (κ3) is 3.38. The summed E-state index contributed by atoms with van der Waals surface area (Å²) in [6.07, 6.45) is -1.73. The SMILES string of the molecule is CC[Si](CC)(CC)OC(=C(F)F)c1ccc2ccccc2c1. The maximum absolute atomic E-state index is 13.5. The molecule has 2 rings (SSSR count). The Labute approximate surface area is 131 Å². The lowest BCUT2D eigenvalue weighted by Crippen LogP contribution is -2.35. The van der Waals surface area contributed by atoms with E-state index < -0.39 is 14.4 Å². The summed E-state index contributed by atoms with van der Waals surface area (Å²) in [7, 11) is -2.13. The summed E-state index contributed by atoms with van der Waals surface area (Å²) < 4.78 is 33.0. The first kappa shape index (κ1) is 16.7. The third-order valence-corrected chi connectivity index (χ3v) is 8.94. The molecule has 0 saturated heterocycles. The van der Waals surface area contributed by atoms with Crippen molar-refractivity contribution >= 4 is 24.8 Å². The highest BCUT2D eigenvalue weighted by Crippen LogP contribution is 2.33. The van der Waals surface area contributed by atoms with E-state index in [-0.39, 0.29) is 5.76 Å². The molecule has 22 heavy (non-hydrogen) atoms. The van der Waals surface area contributed by atoms with E-state index in [1.165, 1.54) is 0 Å². The maximum atomic E-state index is 13.5. The average molecular weight is 320 g/mol. The Morgan fingerprint density at radius 1 is 0.909 bits per heavy atom. The van der Waals surface area contributed by atoms with Crippen LogP contribution in [0.3, 0.4) is 0 Å². The summed E-state index contributed by atoms with van der Waals surface area (Å²) in [6.45, 7) is 6.11. The van der Waals surface area contributed by atoms with Gasteiger partial charge in [-0.05, 0) is 35.0 Å². The third-order valence-electron chi connectivity index (χ3n) is 4.43. The average Bonchev–Trinajstić information content (AvgIpc) is 2.56. The lowest BCUT2D eigenvalue weighted by Gasteiger charge is -2.30. The van der Waals surface area contributed by atoms with Crippen molar-refractivity contribution in [3.8, 4) is 0 Å². The van der Waals surface area contributed by atoms with E-state index in [1.54, 1.807) is 12.1 Å². The number of rotatable bonds is 6. The minimum Gasteiger partial charge on any atom is -0.540 e. The Morgan fingerprint density at radius 2 is 1.50 bits per heavy atom. The quantitative estimate of drug-likeness (QED) is 0.440. The molecule has 0 bridgehead atoms.